The SMILES string of the molecule is Cc1cc(F)c(-c2cccc3sc(N)c(C#N)c23)c(Cl)c1OCCC1CNCCN1C=O. The Bertz CT molecular complexity index is 1220. The fourth-order valence-electron chi connectivity index (χ4n) is 4.11. The van der Waals surface area contributed by atoms with E-state index in [-0.39, 0.29) is 16.6 Å². The number of nitriles is 1. The van der Waals surface area contributed by atoms with Gasteiger partial charge in [0.05, 0.1) is 17.2 Å². The fourth-order valence-corrected chi connectivity index (χ4v) is 5.45. The second kappa shape index (κ2) is 9.33. The van der Waals surface area contributed by atoms with Gasteiger partial charge >= 0.3 is 0 Å². The molecule has 4 rings (SSSR count). The standard InChI is InChI=1S/C23H22ClFN4O2S/c1-13-9-17(25)20(15-3-2-4-18-19(15)16(10-26)23(27)32-18)21(24)22(13)31-8-5-14-11-28-6-7-29(14)12-30/h2-4,9,12,14,28H,5-8,11,27H2,1H3. The van der Waals surface area contributed by atoms with Gasteiger partial charge in [-0.1, -0.05) is 23.7 Å². The van der Waals surface area contributed by atoms with Gasteiger partial charge in [0.15, 0.2) is 0 Å². The van der Waals surface area contributed by atoms with Gasteiger partial charge < -0.3 is 20.7 Å². The van der Waals surface area contributed by atoms with Gasteiger partial charge in [-0.05, 0) is 30.2 Å². The van der Waals surface area contributed by atoms with Crippen LogP contribution in [0, 0.1) is 24.1 Å². The Kier molecular flexibility index (Phi) is 6.51. The molecule has 3 N–H and O–H groups in total. The van der Waals surface area contributed by atoms with Crippen molar-refractivity contribution in [2.24, 2.45) is 0 Å². The van der Waals surface area contributed by atoms with Crippen LogP contribution in [-0.4, -0.2) is 43.6 Å². The Morgan fingerprint density at radius 3 is 3.06 bits per heavy atom. The van der Waals surface area contributed by atoms with Gasteiger partial charge in [0.1, 0.15) is 22.6 Å². The lowest BCUT2D eigenvalue weighted by atomic mass is 9.97. The molecule has 32 heavy (non-hydrogen) atoms. The predicted octanol–water partition coefficient (Wildman–Crippen LogP) is 4.32. The summed E-state index contributed by atoms with van der Waals surface area (Å²) in [4.78, 5) is 13.0. The number of nitrogens with zero attached hydrogens (tertiary/aromatic N) is 2. The lowest BCUT2D eigenvalue weighted by molar-refractivity contribution is -0.121. The molecule has 1 aliphatic rings. The minimum atomic E-state index is -0.496. The van der Waals surface area contributed by atoms with Crippen LogP contribution >= 0.6 is 22.9 Å². The number of nitrogens with two attached hydrogens (primary N) is 1. The summed E-state index contributed by atoms with van der Waals surface area (Å²) in [7, 11) is 0. The van der Waals surface area contributed by atoms with Crippen LogP contribution in [0.25, 0.3) is 21.2 Å². The molecule has 1 saturated heterocycles. The van der Waals surface area contributed by atoms with Crippen LogP contribution < -0.4 is 15.8 Å². The average Bonchev–Trinajstić information content (AvgIpc) is 3.11. The number of halogens is 2. The minimum Gasteiger partial charge on any atom is -0.492 e. The summed E-state index contributed by atoms with van der Waals surface area (Å²) >= 11 is 7.96. The second-order valence-electron chi connectivity index (χ2n) is 7.66. The Hall–Kier alpha value is -2.86. The highest BCUT2D eigenvalue weighted by atomic mass is 35.5. The maximum absolute atomic E-state index is 15.2. The number of rotatable bonds is 6. The lowest BCUT2D eigenvalue weighted by Gasteiger charge is -2.33. The molecule has 1 aliphatic heterocycles. The van der Waals surface area contributed by atoms with Gasteiger partial charge in [-0.3, -0.25) is 4.79 Å². The van der Waals surface area contributed by atoms with Crippen molar-refractivity contribution in [2.75, 3.05) is 32.0 Å². The van der Waals surface area contributed by atoms with E-state index in [1.54, 1.807) is 24.0 Å². The molecule has 0 bridgehead atoms. The average molecular weight is 473 g/mol. The number of aryl methyl sites for hydroxylation is 1. The maximum Gasteiger partial charge on any atom is 0.210 e. The van der Waals surface area contributed by atoms with Crippen LogP contribution in [-0.2, 0) is 4.79 Å². The van der Waals surface area contributed by atoms with E-state index >= 15 is 4.39 Å². The van der Waals surface area contributed by atoms with Crippen LogP contribution in [0.1, 0.15) is 17.5 Å². The molecule has 166 valence electrons. The zero-order valence-corrected chi connectivity index (χ0v) is 19.0. The molecule has 1 amide bonds. The topological polar surface area (TPSA) is 91.4 Å². The molecule has 0 spiro atoms. The van der Waals surface area contributed by atoms with Crippen molar-refractivity contribution >= 4 is 44.4 Å². The first-order valence-corrected chi connectivity index (χ1v) is 11.4. The van der Waals surface area contributed by atoms with Crippen molar-refractivity contribution in [3.05, 3.63) is 46.2 Å². The molecular weight excluding hydrogens is 451 g/mol. The van der Waals surface area contributed by atoms with E-state index < -0.39 is 5.82 Å². The molecule has 0 saturated carbocycles. The third kappa shape index (κ3) is 3.99. The first-order valence-electron chi connectivity index (χ1n) is 10.2. The highest BCUT2D eigenvalue weighted by molar-refractivity contribution is 7.23. The van der Waals surface area contributed by atoms with E-state index in [0.717, 1.165) is 17.7 Å². The number of nitrogen functional groups attached to an aromatic ring is 1. The molecule has 2 aromatic carbocycles. The van der Waals surface area contributed by atoms with Crippen molar-refractivity contribution in [3.8, 4) is 22.9 Å². The molecule has 0 aliphatic carbocycles. The largest absolute Gasteiger partial charge is 0.492 e. The van der Waals surface area contributed by atoms with Crippen molar-refractivity contribution in [1.29, 1.82) is 5.26 Å². The quantitative estimate of drug-likeness (QED) is 0.521. The van der Waals surface area contributed by atoms with Gasteiger partial charge in [-0.25, -0.2) is 4.39 Å². The van der Waals surface area contributed by atoms with E-state index in [4.69, 9.17) is 22.1 Å². The maximum atomic E-state index is 15.2. The highest BCUT2D eigenvalue weighted by Crippen LogP contribution is 2.45. The first kappa shape index (κ1) is 22.3. The van der Waals surface area contributed by atoms with E-state index in [0.29, 0.717) is 58.9 Å². The number of thiophene rings is 1. The molecule has 1 fully saturated rings. The number of hydrogen-bond donors (Lipinski definition) is 2. The van der Waals surface area contributed by atoms with Crippen molar-refractivity contribution < 1.29 is 13.9 Å². The number of amides is 1. The minimum absolute atomic E-state index is 0.0287. The third-order valence-corrected chi connectivity index (χ3v) is 7.06. The zero-order valence-electron chi connectivity index (χ0n) is 17.5. The second-order valence-corrected chi connectivity index (χ2v) is 9.13. The van der Waals surface area contributed by atoms with Gasteiger partial charge in [0.2, 0.25) is 6.41 Å². The third-order valence-electron chi connectivity index (χ3n) is 5.71. The molecule has 3 aromatic rings. The predicted molar refractivity (Wildman–Crippen MR) is 126 cm³/mol. The Morgan fingerprint density at radius 2 is 2.31 bits per heavy atom. The van der Waals surface area contributed by atoms with Crippen LogP contribution in [0.2, 0.25) is 5.02 Å². The summed E-state index contributed by atoms with van der Waals surface area (Å²) in [6.07, 6.45) is 1.48. The summed E-state index contributed by atoms with van der Waals surface area (Å²) in [6.45, 7) is 4.18. The summed E-state index contributed by atoms with van der Waals surface area (Å²) in [5.74, 6) is -0.104. The molecule has 0 radical (unpaired) electrons. The van der Waals surface area contributed by atoms with Crippen molar-refractivity contribution in [3.63, 3.8) is 0 Å². The van der Waals surface area contributed by atoms with Gasteiger partial charge in [-0.2, -0.15) is 5.26 Å². The van der Waals surface area contributed by atoms with Crippen LogP contribution in [0.4, 0.5) is 9.39 Å². The van der Waals surface area contributed by atoms with Gasteiger partial charge in [0, 0.05) is 47.7 Å². The van der Waals surface area contributed by atoms with E-state index in [2.05, 4.69) is 11.4 Å². The number of ether oxygens (including phenoxy) is 1. The number of benzene rings is 2. The van der Waals surface area contributed by atoms with E-state index in [9.17, 15) is 10.1 Å². The number of nitrogens with one attached hydrogen (secondary N) is 1. The van der Waals surface area contributed by atoms with Crippen LogP contribution in [0.15, 0.2) is 24.3 Å². The Balaban J connectivity index is 1.69. The molecule has 1 aromatic heterocycles. The molecular formula is C23H22ClFN4O2S. The summed E-state index contributed by atoms with van der Waals surface area (Å²) in [5, 5.41) is 14.0. The number of anilines is 1. The summed E-state index contributed by atoms with van der Waals surface area (Å²) < 4.78 is 21.9. The Morgan fingerprint density at radius 1 is 1.50 bits per heavy atom. The Labute approximate surface area is 194 Å². The van der Waals surface area contributed by atoms with Crippen molar-refractivity contribution in [2.45, 2.75) is 19.4 Å². The molecule has 2 heterocycles. The number of carbonyl (C=O) groups is 1. The smallest absolute Gasteiger partial charge is 0.210 e. The monoisotopic (exact) mass is 472 g/mol. The normalized spacial score (nSPS) is 16.2. The van der Waals surface area contributed by atoms with Crippen LogP contribution in [0.3, 0.4) is 0 Å². The molecule has 1 unspecified atom stereocenters. The zero-order chi connectivity index (χ0) is 22.8. The van der Waals surface area contributed by atoms with Crippen molar-refractivity contribution in [1.82, 2.24) is 10.2 Å². The summed E-state index contributed by atoms with van der Waals surface area (Å²) in [5.41, 5.74) is 7.58. The summed E-state index contributed by atoms with van der Waals surface area (Å²) in [6, 6.07) is 8.90. The molecule has 1 atom stereocenters. The van der Waals surface area contributed by atoms with Gasteiger partial charge in [-0.15, -0.1) is 11.3 Å². The lowest BCUT2D eigenvalue weighted by Crippen LogP contribution is -2.50. The number of piperazine rings is 1. The number of carbonyl (C=O) groups excluding carboxylic acids is 1. The fraction of sp³-hybridized carbons (Fsp3) is 0.304. The van der Waals surface area contributed by atoms with Gasteiger partial charge in [0.25, 0.3) is 0 Å². The molecule has 9 heteroatoms. The molecule has 6 nitrogen and oxygen atoms in total. The van der Waals surface area contributed by atoms with E-state index in [1.807, 2.05) is 6.07 Å². The first-order chi connectivity index (χ1) is 15.5. The highest BCUT2D eigenvalue weighted by Gasteiger charge is 2.24. The van der Waals surface area contributed by atoms with Crippen LogP contribution in [0.5, 0.6) is 5.75 Å². The van der Waals surface area contributed by atoms with E-state index in [1.165, 1.54) is 17.4 Å². The number of hydrogen-bond acceptors (Lipinski definition) is 6. The number of fused-ring (bicyclic) bond motifs is 1.